The number of rotatable bonds is 3. The standard InChI is InChI=1S/C16H18BrN5O2/c17-12-1-3-13(4-2-12)19-15-20-14(11-18-21-15)22-7-5-16(6-8-22)23-9-10-24-16/h1-4,11H,5-10H2,(H,19,20,21). The molecule has 1 aromatic heterocycles. The lowest BCUT2D eigenvalue weighted by Gasteiger charge is -2.37. The van der Waals surface area contributed by atoms with Crippen LogP contribution in [0, 0.1) is 0 Å². The molecule has 7 nitrogen and oxygen atoms in total. The van der Waals surface area contributed by atoms with Crippen LogP contribution in [0.1, 0.15) is 12.8 Å². The van der Waals surface area contributed by atoms with Gasteiger partial charge in [0.15, 0.2) is 11.6 Å². The maximum Gasteiger partial charge on any atom is 0.249 e. The molecule has 0 unspecified atom stereocenters. The number of aromatic nitrogens is 3. The fourth-order valence-electron chi connectivity index (χ4n) is 3.02. The number of piperidine rings is 1. The van der Waals surface area contributed by atoms with Gasteiger partial charge in [0.25, 0.3) is 0 Å². The molecule has 2 aliphatic heterocycles. The molecule has 0 aliphatic carbocycles. The number of benzene rings is 1. The van der Waals surface area contributed by atoms with Gasteiger partial charge in [0.1, 0.15) is 0 Å². The molecule has 24 heavy (non-hydrogen) atoms. The Morgan fingerprint density at radius 2 is 1.79 bits per heavy atom. The van der Waals surface area contributed by atoms with E-state index in [2.05, 4.69) is 41.3 Å². The molecule has 0 amide bonds. The van der Waals surface area contributed by atoms with Crippen LogP contribution in [0.3, 0.4) is 0 Å². The van der Waals surface area contributed by atoms with Crippen molar-refractivity contribution in [3.8, 4) is 0 Å². The monoisotopic (exact) mass is 391 g/mol. The smallest absolute Gasteiger partial charge is 0.249 e. The van der Waals surface area contributed by atoms with E-state index in [1.807, 2.05) is 24.3 Å². The molecule has 2 saturated heterocycles. The van der Waals surface area contributed by atoms with Gasteiger partial charge in [0, 0.05) is 36.1 Å². The molecule has 1 aromatic carbocycles. The fraction of sp³-hybridized carbons (Fsp3) is 0.438. The van der Waals surface area contributed by atoms with E-state index < -0.39 is 0 Å². The van der Waals surface area contributed by atoms with Crippen molar-refractivity contribution in [1.29, 1.82) is 0 Å². The summed E-state index contributed by atoms with van der Waals surface area (Å²) in [7, 11) is 0. The zero-order chi connectivity index (χ0) is 16.4. The average Bonchev–Trinajstić information content (AvgIpc) is 3.06. The summed E-state index contributed by atoms with van der Waals surface area (Å²) in [6, 6.07) is 7.84. The molecule has 1 spiro atoms. The highest BCUT2D eigenvalue weighted by Gasteiger charge is 2.40. The Balaban J connectivity index is 1.44. The average molecular weight is 392 g/mol. The van der Waals surface area contributed by atoms with Crippen LogP contribution in [-0.2, 0) is 9.47 Å². The lowest BCUT2D eigenvalue weighted by atomic mass is 10.0. The summed E-state index contributed by atoms with van der Waals surface area (Å²) in [5.74, 6) is 0.927. The Morgan fingerprint density at radius 3 is 2.50 bits per heavy atom. The van der Waals surface area contributed by atoms with Crippen molar-refractivity contribution in [3.63, 3.8) is 0 Å². The van der Waals surface area contributed by atoms with Gasteiger partial charge in [-0.15, -0.1) is 5.10 Å². The Hall–Kier alpha value is -1.77. The molecule has 1 N–H and O–H groups in total. The van der Waals surface area contributed by atoms with Gasteiger partial charge in [0.05, 0.1) is 19.4 Å². The van der Waals surface area contributed by atoms with Gasteiger partial charge in [0.2, 0.25) is 5.95 Å². The number of nitrogens with zero attached hydrogens (tertiary/aromatic N) is 4. The van der Waals surface area contributed by atoms with Crippen molar-refractivity contribution >= 4 is 33.4 Å². The second-order valence-corrected chi connectivity index (χ2v) is 6.78. The molecule has 0 bridgehead atoms. The van der Waals surface area contributed by atoms with E-state index in [0.29, 0.717) is 19.2 Å². The molecule has 3 heterocycles. The Bertz CT molecular complexity index is 696. The zero-order valence-electron chi connectivity index (χ0n) is 13.1. The summed E-state index contributed by atoms with van der Waals surface area (Å²) in [4.78, 5) is 6.77. The molecule has 2 aliphatic rings. The predicted molar refractivity (Wildman–Crippen MR) is 93.3 cm³/mol. The van der Waals surface area contributed by atoms with E-state index in [0.717, 1.165) is 41.9 Å². The summed E-state index contributed by atoms with van der Waals surface area (Å²) in [5, 5.41) is 11.3. The molecule has 126 valence electrons. The van der Waals surface area contributed by atoms with Crippen LogP contribution in [0.5, 0.6) is 0 Å². The van der Waals surface area contributed by atoms with Gasteiger partial charge in [-0.05, 0) is 24.3 Å². The van der Waals surface area contributed by atoms with Gasteiger partial charge in [-0.25, -0.2) is 0 Å². The number of hydrogen-bond donors (Lipinski definition) is 1. The second kappa shape index (κ2) is 6.62. The third kappa shape index (κ3) is 3.35. The van der Waals surface area contributed by atoms with Crippen molar-refractivity contribution in [2.75, 3.05) is 36.5 Å². The van der Waals surface area contributed by atoms with E-state index in [-0.39, 0.29) is 5.79 Å². The zero-order valence-corrected chi connectivity index (χ0v) is 14.7. The van der Waals surface area contributed by atoms with Crippen LogP contribution in [0.25, 0.3) is 0 Å². The highest BCUT2D eigenvalue weighted by atomic mass is 79.9. The quantitative estimate of drug-likeness (QED) is 0.861. The first-order valence-corrected chi connectivity index (χ1v) is 8.77. The van der Waals surface area contributed by atoms with Crippen molar-refractivity contribution in [2.45, 2.75) is 18.6 Å². The maximum absolute atomic E-state index is 5.76. The molecule has 2 fully saturated rings. The molecule has 0 atom stereocenters. The molecule has 2 aromatic rings. The number of halogens is 1. The van der Waals surface area contributed by atoms with E-state index in [1.54, 1.807) is 6.20 Å². The molecule has 4 rings (SSSR count). The largest absolute Gasteiger partial charge is 0.355 e. The van der Waals surface area contributed by atoms with E-state index in [9.17, 15) is 0 Å². The SMILES string of the molecule is Brc1ccc(Nc2nncc(N3CCC4(CC3)OCCO4)n2)cc1. The van der Waals surface area contributed by atoms with E-state index >= 15 is 0 Å². The maximum atomic E-state index is 5.76. The highest BCUT2D eigenvalue weighted by molar-refractivity contribution is 9.10. The van der Waals surface area contributed by atoms with Crippen molar-refractivity contribution in [1.82, 2.24) is 15.2 Å². The molecule has 0 radical (unpaired) electrons. The van der Waals surface area contributed by atoms with Crippen LogP contribution in [0.2, 0.25) is 0 Å². The third-order valence-corrected chi connectivity index (χ3v) is 4.84. The molecule has 8 heteroatoms. The van der Waals surface area contributed by atoms with Gasteiger partial charge < -0.3 is 19.7 Å². The van der Waals surface area contributed by atoms with Crippen LogP contribution >= 0.6 is 15.9 Å². The number of ether oxygens (including phenoxy) is 2. The van der Waals surface area contributed by atoms with E-state index in [4.69, 9.17) is 9.47 Å². The molecular weight excluding hydrogens is 374 g/mol. The summed E-state index contributed by atoms with van der Waals surface area (Å²) in [6.45, 7) is 3.04. The summed E-state index contributed by atoms with van der Waals surface area (Å²) >= 11 is 3.42. The number of nitrogens with one attached hydrogen (secondary N) is 1. The first-order valence-electron chi connectivity index (χ1n) is 7.98. The predicted octanol–water partition coefficient (Wildman–Crippen LogP) is 2.72. The van der Waals surface area contributed by atoms with Crippen LogP contribution in [0.15, 0.2) is 34.9 Å². The first kappa shape index (κ1) is 15.7. The van der Waals surface area contributed by atoms with Crippen LogP contribution in [-0.4, -0.2) is 47.3 Å². The van der Waals surface area contributed by atoms with Gasteiger partial charge >= 0.3 is 0 Å². The fourth-order valence-corrected chi connectivity index (χ4v) is 3.29. The lowest BCUT2D eigenvalue weighted by Crippen LogP contribution is -2.45. The summed E-state index contributed by atoms with van der Waals surface area (Å²) in [6.07, 6.45) is 3.38. The number of anilines is 3. The molecular formula is C16H18BrN5O2. The number of hydrogen-bond acceptors (Lipinski definition) is 7. The van der Waals surface area contributed by atoms with Crippen molar-refractivity contribution in [3.05, 3.63) is 34.9 Å². The van der Waals surface area contributed by atoms with Gasteiger partial charge in [-0.1, -0.05) is 15.9 Å². The Kier molecular flexibility index (Phi) is 4.34. The second-order valence-electron chi connectivity index (χ2n) is 5.86. The normalized spacial score (nSPS) is 19.6. The summed E-state index contributed by atoms with van der Waals surface area (Å²) < 4.78 is 12.6. The van der Waals surface area contributed by atoms with Crippen LogP contribution in [0.4, 0.5) is 17.5 Å². The third-order valence-electron chi connectivity index (χ3n) is 4.31. The highest BCUT2D eigenvalue weighted by Crippen LogP contribution is 2.32. The Morgan fingerprint density at radius 1 is 1.08 bits per heavy atom. The minimum absolute atomic E-state index is 0.379. The van der Waals surface area contributed by atoms with Crippen molar-refractivity contribution in [2.24, 2.45) is 0 Å². The van der Waals surface area contributed by atoms with E-state index in [1.165, 1.54) is 0 Å². The lowest BCUT2D eigenvalue weighted by molar-refractivity contribution is -0.169. The Labute approximate surface area is 148 Å². The summed E-state index contributed by atoms with van der Waals surface area (Å²) in [5.41, 5.74) is 0.919. The van der Waals surface area contributed by atoms with Crippen molar-refractivity contribution < 1.29 is 9.47 Å². The first-order chi connectivity index (χ1) is 11.7. The van der Waals surface area contributed by atoms with Gasteiger partial charge in [-0.3, -0.25) is 0 Å². The van der Waals surface area contributed by atoms with Gasteiger partial charge in [-0.2, -0.15) is 10.1 Å². The van der Waals surface area contributed by atoms with Crippen LogP contribution < -0.4 is 10.2 Å². The molecule has 0 saturated carbocycles. The minimum Gasteiger partial charge on any atom is -0.355 e. The minimum atomic E-state index is -0.379. The topological polar surface area (TPSA) is 72.4 Å².